The fourth-order valence-corrected chi connectivity index (χ4v) is 2.57. The van der Waals surface area contributed by atoms with Crippen LogP contribution in [-0.4, -0.2) is 34.9 Å². The molecule has 0 saturated carbocycles. The molecule has 0 aromatic rings. The summed E-state index contributed by atoms with van der Waals surface area (Å²) in [5, 5.41) is 11.8. The van der Waals surface area contributed by atoms with Gasteiger partial charge in [0.1, 0.15) is 5.92 Å². The maximum atomic E-state index is 12.4. The van der Waals surface area contributed by atoms with E-state index in [1.54, 1.807) is 0 Å². The van der Waals surface area contributed by atoms with Gasteiger partial charge in [-0.05, 0) is 24.7 Å². The first-order chi connectivity index (χ1) is 8.51. The molecule has 0 aromatic heterocycles. The fraction of sp³-hybridized carbons (Fsp3) is 0.846. The highest BCUT2D eigenvalue weighted by atomic mass is 16.4. The van der Waals surface area contributed by atoms with Crippen LogP contribution in [0, 0.1) is 17.8 Å². The lowest BCUT2D eigenvalue weighted by atomic mass is 9.90. The van der Waals surface area contributed by atoms with Crippen LogP contribution in [0.25, 0.3) is 0 Å². The van der Waals surface area contributed by atoms with E-state index < -0.39 is 5.92 Å². The SMILES string of the molecule is CCC1CCN(C(=O)C(C(N)=NO)C(C)C)CC1. The number of nitrogens with zero attached hydrogens (tertiary/aromatic N) is 2. The van der Waals surface area contributed by atoms with E-state index in [0.717, 1.165) is 31.8 Å². The maximum absolute atomic E-state index is 12.4. The molecule has 1 atom stereocenters. The molecule has 18 heavy (non-hydrogen) atoms. The molecular formula is C13H25N3O2. The third-order valence-electron chi connectivity index (χ3n) is 3.87. The van der Waals surface area contributed by atoms with Gasteiger partial charge >= 0.3 is 0 Å². The van der Waals surface area contributed by atoms with Crippen LogP contribution in [0.3, 0.4) is 0 Å². The highest BCUT2D eigenvalue weighted by Crippen LogP contribution is 2.23. The molecule has 1 saturated heterocycles. The van der Waals surface area contributed by atoms with E-state index in [4.69, 9.17) is 10.9 Å². The first-order valence-electron chi connectivity index (χ1n) is 6.77. The van der Waals surface area contributed by atoms with Crippen LogP contribution in [0.15, 0.2) is 5.16 Å². The lowest BCUT2D eigenvalue weighted by Crippen LogP contribution is -2.47. The number of hydrogen-bond donors (Lipinski definition) is 2. The molecular weight excluding hydrogens is 230 g/mol. The molecule has 1 aliphatic heterocycles. The van der Waals surface area contributed by atoms with E-state index >= 15 is 0 Å². The van der Waals surface area contributed by atoms with Gasteiger partial charge in [0.15, 0.2) is 5.84 Å². The largest absolute Gasteiger partial charge is 0.409 e. The van der Waals surface area contributed by atoms with Crippen LogP contribution in [0.1, 0.15) is 40.0 Å². The Kier molecular flexibility index (Phi) is 5.44. The summed E-state index contributed by atoms with van der Waals surface area (Å²) in [5.41, 5.74) is 5.63. The van der Waals surface area contributed by atoms with Gasteiger partial charge in [0.2, 0.25) is 5.91 Å². The van der Waals surface area contributed by atoms with Crippen LogP contribution in [0.4, 0.5) is 0 Å². The summed E-state index contributed by atoms with van der Waals surface area (Å²) in [5.74, 6) is 0.281. The summed E-state index contributed by atoms with van der Waals surface area (Å²) < 4.78 is 0. The van der Waals surface area contributed by atoms with Gasteiger partial charge in [0, 0.05) is 13.1 Å². The standard InChI is InChI=1S/C13H25N3O2/c1-4-10-5-7-16(8-6-10)13(17)11(9(2)3)12(14)15-18/h9-11,18H,4-8H2,1-3H3,(H2,14,15). The number of carbonyl (C=O) groups is 1. The average Bonchev–Trinajstić information content (AvgIpc) is 2.38. The van der Waals surface area contributed by atoms with Gasteiger partial charge in [0.05, 0.1) is 0 Å². The molecule has 1 fully saturated rings. The minimum absolute atomic E-state index is 0.00477. The van der Waals surface area contributed by atoms with E-state index in [9.17, 15) is 4.79 Å². The van der Waals surface area contributed by atoms with Gasteiger partial charge < -0.3 is 15.8 Å². The lowest BCUT2D eigenvalue weighted by molar-refractivity contribution is -0.136. The van der Waals surface area contributed by atoms with Crippen LogP contribution in [0.2, 0.25) is 0 Å². The Labute approximate surface area is 109 Å². The van der Waals surface area contributed by atoms with Crippen LogP contribution < -0.4 is 5.73 Å². The Morgan fingerprint density at radius 3 is 2.39 bits per heavy atom. The monoisotopic (exact) mass is 255 g/mol. The highest BCUT2D eigenvalue weighted by molar-refractivity contribution is 6.02. The number of oxime groups is 1. The van der Waals surface area contributed by atoms with Crippen molar-refractivity contribution in [2.75, 3.05) is 13.1 Å². The zero-order valence-electron chi connectivity index (χ0n) is 11.6. The Morgan fingerprint density at radius 2 is 2.00 bits per heavy atom. The van der Waals surface area contributed by atoms with E-state index in [1.165, 1.54) is 6.42 Å². The first-order valence-corrected chi connectivity index (χ1v) is 6.77. The lowest BCUT2D eigenvalue weighted by Gasteiger charge is -2.34. The van der Waals surface area contributed by atoms with Gasteiger partial charge in [-0.2, -0.15) is 0 Å². The van der Waals surface area contributed by atoms with Gasteiger partial charge in [-0.1, -0.05) is 32.3 Å². The van der Waals surface area contributed by atoms with Crippen molar-refractivity contribution in [3.8, 4) is 0 Å². The van der Waals surface area contributed by atoms with E-state index in [-0.39, 0.29) is 17.7 Å². The molecule has 1 rings (SSSR count). The summed E-state index contributed by atoms with van der Waals surface area (Å²) >= 11 is 0. The van der Waals surface area contributed by atoms with Crippen molar-refractivity contribution in [2.24, 2.45) is 28.6 Å². The molecule has 0 bridgehead atoms. The third kappa shape index (κ3) is 3.37. The van der Waals surface area contributed by atoms with Crippen molar-refractivity contribution in [1.82, 2.24) is 4.90 Å². The van der Waals surface area contributed by atoms with Crippen molar-refractivity contribution in [3.05, 3.63) is 0 Å². The van der Waals surface area contributed by atoms with Crippen molar-refractivity contribution in [2.45, 2.75) is 40.0 Å². The number of piperidine rings is 1. The second kappa shape index (κ2) is 6.61. The Morgan fingerprint density at radius 1 is 1.44 bits per heavy atom. The molecule has 0 aromatic carbocycles. The van der Waals surface area contributed by atoms with E-state index in [1.807, 2.05) is 18.7 Å². The second-order valence-corrected chi connectivity index (χ2v) is 5.42. The number of rotatable bonds is 4. The third-order valence-corrected chi connectivity index (χ3v) is 3.87. The van der Waals surface area contributed by atoms with Gasteiger partial charge in [-0.15, -0.1) is 0 Å². The van der Waals surface area contributed by atoms with Crippen molar-refractivity contribution in [3.63, 3.8) is 0 Å². The predicted octanol–water partition coefficient (Wildman–Crippen LogP) is 1.65. The number of carbonyl (C=O) groups excluding carboxylic acids is 1. The number of amides is 1. The van der Waals surface area contributed by atoms with Crippen molar-refractivity contribution in [1.29, 1.82) is 0 Å². The Balaban J connectivity index is 2.68. The maximum Gasteiger partial charge on any atom is 0.233 e. The van der Waals surface area contributed by atoms with Gasteiger partial charge in [-0.3, -0.25) is 4.79 Å². The summed E-state index contributed by atoms with van der Waals surface area (Å²) in [6.45, 7) is 7.60. The summed E-state index contributed by atoms with van der Waals surface area (Å²) in [6.07, 6.45) is 3.29. The Hall–Kier alpha value is -1.26. The molecule has 3 N–H and O–H groups in total. The molecule has 5 heteroatoms. The molecule has 1 amide bonds. The minimum Gasteiger partial charge on any atom is -0.409 e. The number of nitrogens with two attached hydrogens (primary N) is 1. The van der Waals surface area contributed by atoms with E-state index in [0.29, 0.717) is 0 Å². The van der Waals surface area contributed by atoms with Crippen LogP contribution in [0.5, 0.6) is 0 Å². The second-order valence-electron chi connectivity index (χ2n) is 5.42. The molecule has 1 aliphatic rings. The molecule has 0 spiro atoms. The molecule has 1 unspecified atom stereocenters. The topological polar surface area (TPSA) is 78.9 Å². The van der Waals surface area contributed by atoms with Gasteiger partial charge in [0.25, 0.3) is 0 Å². The number of likely N-dealkylation sites (tertiary alicyclic amines) is 1. The smallest absolute Gasteiger partial charge is 0.233 e. The quantitative estimate of drug-likeness (QED) is 0.347. The molecule has 1 heterocycles. The minimum atomic E-state index is -0.506. The van der Waals surface area contributed by atoms with Crippen molar-refractivity contribution >= 4 is 11.7 Å². The predicted molar refractivity (Wildman–Crippen MR) is 71.3 cm³/mol. The molecule has 5 nitrogen and oxygen atoms in total. The normalized spacial score (nSPS) is 20.2. The van der Waals surface area contributed by atoms with Crippen LogP contribution >= 0.6 is 0 Å². The van der Waals surface area contributed by atoms with E-state index in [2.05, 4.69) is 12.1 Å². The zero-order chi connectivity index (χ0) is 13.7. The van der Waals surface area contributed by atoms with Crippen molar-refractivity contribution < 1.29 is 10.0 Å². The van der Waals surface area contributed by atoms with Crippen LogP contribution in [-0.2, 0) is 4.79 Å². The highest BCUT2D eigenvalue weighted by Gasteiger charge is 2.32. The molecule has 104 valence electrons. The fourth-order valence-electron chi connectivity index (χ4n) is 2.57. The summed E-state index contributed by atoms with van der Waals surface area (Å²) in [7, 11) is 0. The zero-order valence-corrected chi connectivity index (χ0v) is 11.6. The Bertz CT molecular complexity index is 307. The molecule has 0 aliphatic carbocycles. The number of hydrogen-bond acceptors (Lipinski definition) is 3. The first kappa shape index (κ1) is 14.8. The average molecular weight is 255 g/mol. The molecule has 0 radical (unpaired) electrons. The summed E-state index contributed by atoms with van der Waals surface area (Å²) in [4.78, 5) is 14.2. The summed E-state index contributed by atoms with van der Waals surface area (Å²) in [6, 6.07) is 0. The van der Waals surface area contributed by atoms with Gasteiger partial charge in [-0.25, -0.2) is 0 Å². The number of amidine groups is 1.